The van der Waals surface area contributed by atoms with Crippen LogP contribution in [0.15, 0.2) is 45.9 Å². The van der Waals surface area contributed by atoms with Crippen LogP contribution in [0.1, 0.15) is 11.3 Å². The predicted octanol–water partition coefficient (Wildman–Crippen LogP) is 1.90. The normalized spacial score (nSPS) is 11.7. The van der Waals surface area contributed by atoms with Gasteiger partial charge in [-0.05, 0) is 29.8 Å². The Labute approximate surface area is 115 Å². The first kappa shape index (κ1) is 14.1. The Hall–Kier alpha value is -1.34. The molecule has 0 spiro atoms. The molecule has 0 aliphatic heterocycles. The fraction of sp³-hybridized carbons (Fsp3) is 0.167. The highest BCUT2D eigenvalue weighted by Crippen LogP contribution is 2.22. The molecule has 1 aromatic carbocycles. The number of nitrogens with one attached hydrogen (secondary N) is 1. The first-order chi connectivity index (χ1) is 9.03. The Bertz CT molecular complexity index is 652. The maximum absolute atomic E-state index is 12.1. The molecule has 2 N–H and O–H groups in total. The van der Waals surface area contributed by atoms with Crippen molar-refractivity contribution >= 4 is 21.6 Å². The summed E-state index contributed by atoms with van der Waals surface area (Å²) < 4.78 is 31.6. The van der Waals surface area contributed by atoms with Gasteiger partial charge in [-0.15, -0.1) is 0 Å². The molecule has 2 aromatic rings. The molecule has 0 atom stereocenters. The van der Waals surface area contributed by atoms with E-state index >= 15 is 0 Å². The van der Waals surface area contributed by atoms with E-state index in [9.17, 15) is 8.42 Å². The van der Waals surface area contributed by atoms with Gasteiger partial charge in [-0.2, -0.15) is 0 Å². The fourth-order valence-electron chi connectivity index (χ4n) is 1.51. The molecule has 102 valence electrons. The van der Waals surface area contributed by atoms with Crippen molar-refractivity contribution < 1.29 is 17.9 Å². The quantitative estimate of drug-likeness (QED) is 0.884. The smallest absolute Gasteiger partial charge is 0.242 e. The topological polar surface area (TPSA) is 79.5 Å². The van der Waals surface area contributed by atoms with Gasteiger partial charge in [-0.1, -0.05) is 17.7 Å². The van der Waals surface area contributed by atoms with E-state index in [-0.39, 0.29) is 23.1 Å². The van der Waals surface area contributed by atoms with Crippen molar-refractivity contribution in [3.05, 3.63) is 52.9 Å². The third kappa shape index (κ3) is 3.36. The molecule has 19 heavy (non-hydrogen) atoms. The van der Waals surface area contributed by atoms with E-state index in [0.29, 0.717) is 11.3 Å². The number of hydrogen-bond donors (Lipinski definition) is 2. The van der Waals surface area contributed by atoms with Crippen LogP contribution in [0.25, 0.3) is 0 Å². The lowest BCUT2D eigenvalue weighted by Crippen LogP contribution is -2.23. The van der Waals surface area contributed by atoms with Crippen LogP contribution in [0, 0.1) is 0 Å². The molecule has 1 heterocycles. The molecule has 0 saturated heterocycles. The standard InChI is InChI=1S/C12H12ClNO4S/c13-11-4-3-9(8-15)6-12(11)19(16,17)14-7-10-2-1-5-18-10/h1-6,14-15H,7-8H2. The second-order valence-electron chi connectivity index (χ2n) is 3.83. The van der Waals surface area contributed by atoms with E-state index in [2.05, 4.69) is 4.72 Å². The number of aliphatic hydroxyl groups excluding tert-OH is 1. The molecule has 0 radical (unpaired) electrons. The highest BCUT2D eigenvalue weighted by Gasteiger charge is 2.18. The number of sulfonamides is 1. The average Bonchev–Trinajstić information content (AvgIpc) is 2.90. The van der Waals surface area contributed by atoms with Crippen molar-refractivity contribution in [2.45, 2.75) is 18.0 Å². The van der Waals surface area contributed by atoms with Crippen molar-refractivity contribution in [2.24, 2.45) is 0 Å². The maximum Gasteiger partial charge on any atom is 0.242 e. The Kier molecular flexibility index (Phi) is 4.26. The van der Waals surface area contributed by atoms with Crippen LogP contribution < -0.4 is 4.72 Å². The molecular weight excluding hydrogens is 290 g/mol. The molecule has 0 saturated carbocycles. The number of furan rings is 1. The van der Waals surface area contributed by atoms with Crippen LogP contribution in [0.3, 0.4) is 0 Å². The largest absolute Gasteiger partial charge is 0.468 e. The zero-order valence-corrected chi connectivity index (χ0v) is 11.4. The van der Waals surface area contributed by atoms with E-state index in [4.69, 9.17) is 21.1 Å². The van der Waals surface area contributed by atoms with Crippen LogP contribution >= 0.6 is 11.6 Å². The summed E-state index contributed by atoms with van der Waals surface area (Å²) in [5, 5.41) is 9.13. The zero-order valence-electron chi connectivity index (χ0n) is 9.84. The molecular formula is C12H12ClNO4S. The lowest BCUT2D eigenvalue weighted by Gasteiger charge is -2.08. The molecule has 0 amide bonds. The van der Waals surface area contributed by atoms with Gasteiger partial charge in [-0.3, -0.25) is 0 Å². The summed E-state index contributed by atoms with van der Waals surface area (Å²) in [6.07, 6.45) is 1.46. The first-order valence-electron chi connectivity index (χ1n) is 5.44. The number of hydrogen-bond acceptors (Lipinski definition) is 4. The highest BCUT2D eigenvalue weighted by atomic mass is 35.5. The van der Waals surface area contributed by atoms with Gasteiger partial charge in [0, 0.05) is 0 Å². The van der Waals surface area contributed by atoms with Gasteiger partial charge in [-0.25, -0.2) is 13.1 Å². The summed E-state index contributed by atoms with van der Waals surface area (Å²) in [4.78, 5) is -0.0627. The maximum atomic E-state index is 12.1. The summed E-state index contributed by atoms with van der Waals surface area (Å²) in [5.74, 6) is 0.498. The Morgan fingerprint density at radius 2 is 2.11 bits per heavy atom. The predicted molar refractivity (Wildman–Crippen MR) is 70.1 cm³/mol. The SMILES string of the molecule is O=S(=O)(NCc1ccco1)c1cc(CO)ccc1Cl. The molecule has 0 aliphatic carbocycles. The van der Waals surface area contributed by atoms with E-state index in [1.807, 2.05) is 0 Å². The van der Waals surface area contributed by atoms with Gasteiger partial charge < -0.3 is 9.52 Å². The minimum absolute atomic E-state index is 0.0367. The van der Waals surface area contributed by atoms with Gasteiger partial charge in [0.15, 0.2) is 0 Å². The van der Waals surface area contributed by atoms with Crippen molar-refractivity contribution in [1.29, 1.82) is 0 Å². The molecule has 0 aliphatic rings. The summed E-state index contributed by atoms with van der Waals surface area (Å²) in [7, 11) is -3.75. The molecule has 0 fully saturated rings. The van der Waals surface area contributed by atoms with E-state index < -0.39 is 10.0 Å². The number of aliphatic hydroxyl groups is 1. The van der Waals surface area contributed by atoms with Gasteiger partial charge in [0.05, 0.1) is 24.4 Å². The number of halogens is 1. The van der Waals surface area contributed by atoms with Crippen LogP contribution in [0.2, 0.25) is 5.02 Å². The third-order valence-electron chi connectivity index (χ3n) is 2.48. The van der Waals surface area contributed by atoms with E-state index in [0.717, 1.165) is 0 Å². The molecule has 7 heteroatoms. The molecule has 1 aromatic heterocycles. The van der Waals surface area contributed by atoms with Crippen molar-refractivity contribution in [1.82, 2.24) is 4.72 Å². The van der Waals surface area contributed by atoms with Crippen molar-refractivity contribution in [3.8, 4) is 0 Å². The highest BCUT2D eigenvalue weighted by molar-refractivity contribution is 7.89. The third-order valence-corrected chi connectivity index (χ3v) is 4.37. The summed E-state index contributed by atoms with van der Waals surface area (Å²) in [6.45, 7) is -0.215. The van der Waals surface area contributed by atoms with Gasteiger partial charge >= 0.3 is 0 Å². The zero-order chi connectivity index (χ0) is 13.9. The summed E-state index contributed by atoms with van der Waals surface area (Å²) in [5.41, 5.74) is 0.475. The van der Waals surface area contributed by atoms with Gasteiger partial charge in [0.1, 0.15) is 10.7 Å². The fourth-order valence-corrected chi connectivity index (χ4v) is 3.05. The minimum atomic E-state index is -3.75. The molecule has 5 nitrogen and oxygen atoms in total. The Balaban J connectivity index is 2.23. The lowest BCUT2D eigenvalue weighted by molar-refractivity contribution is 0.281. The van der Waals surface area contributed by atoms with Crippen LogP contribution in [0.5, 0.6) is 0 Å². The Morgan fingerprint density at radius 1 is 1.32 bits per heavy atom. The number of benzene rings is 1. The average molecular weight is 302 g/mol. The number of rotatable bonds is 5. The van der Waals surface area contributed by atoms with E-state index in [1.165, 1.54) is 18.4 Å². The van der Waals surface area contributed by atoms with Gasteiger partial charge in [0.25, 0.3) is 0 Å². The van der Waals surface area contributed by atoms with Gasteiger partial charge in [0.2, 0.25) is 10.0 Å². The minimum Gasteiger partial charge on any atom is -0.468 e. The summed E-state index contributed by atoms with van der Waals surface area (Å²) in [6, 6.07) is 7.67. The first-order valence-corrected chi connectivity index (χ1v) is 7.30. The van der Waals surface area contributed by atoms with E-state index in [1.54, 1.807) is 18.2 Å². The van der Waals surface area contributed by atoms with Crippen LogP contribution in [-0.2, 0) is 23.2 Å². The Morgan fingerprint density at radius 3 is 2.74 bits per heavy atom. The molecule has 0 bridgehead atoms. The van der Waals surface area contributed by atoms with Crippen molar-refractivity contribution in [2.75, 3.05) is 0 Å². The molecule has 2 rings (SSSR count). The monoisotopic (exact) mass is 301 g/mol. The van der Waals surface area contributed by atoms with Crippen LogP contribution in [0.4, 0.5) is 0 Å². The molecule has 0 unspecified atom stereocenters. The second kappa shape index (κ2) is 5.75. The van der Waals surface area contributed by atoms with Crippen LogP contribution in [-0.4, -0.2) is 13.5 Å². The lowest BCUT2D eigenvalue weighted by atomic mass is 10.2. The second-order valence-corrected chi connectivity index (χ2v) is 5.97. The summed E-state index contributed by atoms with van der Waals surface area (Å²) >= 11 is 5.87. The van der Waals surface area contributed by atoms with Crippen molar-refractivity contribution in [3.63, 3.8) is 0 Å².